The Morgan fingerprint density at radius 1 is 1.14 bits per heavy atom. The SMILES string of the molecule is CC(O)[C@@H](I)S(=O)(=O)c1cccc(-c2cc3nc(-c4ccc(N)nc4)nc(N4CCOCC4)c3s2)c1. The molecule has 1 saturated heterocycles. The lowest BCUT2D eigenvalue weighted by molar-refractivity contribution is 0.122. The third kappa shape index (κ3) is 4.92. The zero-order valence-electron chi connectivity index (χ0n) is 19.3. The number of pyridine rings is 1. The van der Waals surface area contributed by atoms with E-state index >= 15 is 0 Å². The number of anilines is 2. The van der Waals surface area contributed by atoms with Gasteiger partial charge in [0.25, 0.3) is 0 Å². The summed E-state index contributed by atoms with van der Waals surface area (Å²) < 4.78 is 31.5. The molecule has 1 unspecified atom stereocenters. The maximum absolute atomic E-state index is 13.0. The molecule has 4 heterocycles. The van der Waals surface area contributed by atoms with Crippen LogP contribution in [0.3, 0.4) is 0 Å². The van der Waals surface area contributed by atoms with Crippen LogP contribution in [-0.4, -0.2) is 64.1 Å². The summed E-state index contributed by atoms with van der Waals surface area (Å²) in [5.74, 6) is 1.78. The van der Waals surface area contributed by atoms with Crippen molar-refractivity contribution in [3.8, 4) is 21.8 Å². The number of aromatic nitrogens is 3. The van der Waals surface area contributed by atoms with Crippen molar-refractivity contribution in [2.75, 3.05) is 36.9 Å². The van der Waals surface area contributed by atoms with Crippen molar-refractivity contribution in [2.24, 2.45) is 0 Å². The summed E-state index contributed by atoms with van der Waals surface area (Å²) in [6.45, 7) is 4.13. The van der Waals surface area contributed by atoms with Gasteiger partial charge >= 0.3 is 0 Å². The minimum Gasteiger partial charge on any atom is -0.391 e. The van der Waals surface area contributed by atoms with Gasteiger partial charge in [0, 0.05) is 29.7 Å². The number of benzene rings is 1. The lowest BCUT2D eigenvalue weighted by Gasteiger charge is -2.28. The molecular formula is C24H24IN5O4S2. The fourth-order valence-corrected chi connectivity index (χ4v) is 7.26. The van der Waals surface area contributed by atoms with Crippen molar-refractivity contribution in [3.63, 3.8) is 0 Å². The smallest absolute Gasteiger partial charge is 0.192 e. The van der Waals surface area contributed by atoms with Crippen LogP contribution in [0.4, 0.5) is 11.6 Å². The van der Waals surface area contributed by atoms with Crippen molar-refractivity contribution < 1.29 is 18.3 Å². The maximum atomic E-state index is 13.0. The number of rotatable bonds is 6. The van der Waals surface area contributed by atoms with Crippen LogP contribution in [0.25, 0.3) is 32.0 Å². The summed E-state index contributed by atoms with van der Waals surface area (Å²) >= 11 is 3.30. The molecule has 9 nitrogen and oxygen atoms in total. The topological polar surface area (TPSA) is 132 Å². The summed E-state index contributed by atoms with van der Waals surface area (Å²) in [6.07, 6.45) is 0.667. The maximum Gasteiger partial charge on any atom is 0.192 e. The van der Waals surface area contributed by atoms with Gasteiger partial charge in [0.15, 0.2) is 21.5 Å². The Bertz CT molecular complexity index is 1500. The highest BCUT2D eigenvalue weighted by molar-refractivity contribution is 14.1. The Morgan fingerprint density at radius 2 is 1.92 bits per heavy atom. The fourth-order valence-electron chi connectivity index (χ4n) is 3.93. The molecule has 0 spiro atoms. The Balaban J connectivity index is 1.63. The fraction of sp³-hybridized carbons (Fsp3) is 0.292. The van der Waals surface area contributed by atoms with Gasteiger partial charge in [-0.3, -0.25) is 0 Å². The number of nitrogens with zero attached hydrogens (tertiary/aromatic N) is 4. The molecule has 2 atom stereocenters. The summed E-state index contributed by atoms with van der Waals surface area (Å²) in [5, 5.41) is 9.86. The van der Waals surface area contributed by atoms with Gasteiger partial charge in [-0.25, -0.2) is 23.4 Å². The van der Waals surface area contributed by atoms with Crippen LogP contribution in [0, 0.1) is 0 Å². The Hall–Kier alpha value is -2.39. The number of hydrogen-bond donors (Lipinski definition) is 2. The average Bonchev–Trinajstić information content (AvgIpc) is 3.33. The van der Waals surface area contributed by atoms with Gasteiger partial charge in [-0.2, -0.15) is 0 Å². The molecule has 1 aliphatic rings. The van der Waals surface area contributed by atoms with Crippen LogP contribution >= 0.6 is 33.9 Å². The van der Waals surface area contributed by atoms with Gasteiger partial charge in [-0.15, -0.1) is 11.3 Å². The Labute approximate surface area is 226 Å². The van der Waals surface area contributed by atoms with Gasteiger partial charge < -0.3 is 20.5 Å². The van der Waals surface area contributed by atoms with E-state index in [0.29, 0.717) is 37.9 Å². The van der Waals surface area contributed by atoms with Crippen molar-refractivity contribution in [1.82, 2.24) is 15.0 Å². The second-order valence-corrected chi connectivity index (χ2v) is 13.7. The largest absolute Gasteiger partial charge is 0.391 e. The Morgan fingerprint density at radius 3 is 2.61 bits per heavy atom. The molecular weight excluding hydrogens is 613 g/mol. The van der Waals surface area contributed by atoms with Crippen LogP contribution in [0.2, 0.25) is 0 Å². The number of fused-ring (bicyclic) bond motifs is 1. The number of alkyl halides is 1. The van der Waals surface area contributed by atoms with Crippen LogP contribution in [0.1, 0.15) is 6.92 Å². The van der Waals surface area contributed by atoms with E-state index in [0.717, 1.165) is 32.0 Å². The summed E-state index contributed by atoms with van der Waals surface area (Å²) in [5.41, 5.74) is 8.04. The van der Waals surface area contributed by atoms with E-state index in [9.17, 15) is 13.5 Å². The molecule has 0 aliphatic carbocycles. The zero-order valence-corrected chi connectivity index (χ0v) is 23.1. The molecule has 1 fully saturated rings. The predicted molar refractivity (Wildman–Crippen MR) is 150 cm³/mol. The van der Waals surface area contributed by atoms with Crippen molar-refractivity contribution in [2.45, 2.75) is 21.2 Å². The molecule has 5 rings (SSSR count). The molecule has 3 aromatic heterocycles. The van der Waals surface area contributed by atoms with E-state index in [1.807, 2.05) is 18.2 Å². The van der Waals surface area contributed by atoms with E-state index in [1.54, 1.807) is 53.1 Å². The quantitative estimate of drug-likeness (QED) is 0.240. The van der Waals surface area contributed by atoms with Crippen LogP contribution in [0.5, 0.6) is 0 Å². The number of morpholine rings is 1. The van der Waals surface area contributed by atoms with Crippen LogP contribution in [-0.2, 0) is 14.6 Å². The third-order valence-electron chi connectivity index (χ3n) is 5.83. The average molecular weight is 638 g/mol. The number of thiophene rings is 1. The first kappa shape index (κ1) is 25.3. The number of aliphatic hydroxyl groups is 1. The molecule has 0 radical (unpaired) electrons. The number of hydrogen-bond acceptors (Lipinski definition) is 10. The molecule has 188 valence electrons. The number of sulfone groups is 1. The molecule has 3 N–H and O–H groups in total. The van der Waals surface area contributed by atoms with Gasteiger partial charge in [0.05, 0.1) is 34.4 Å². The molecule has 12 heteroatoms. The van der Waals surface area contributed by atoms with E-state index in [-0.39, 0.29) is 4.90 Å². The van der Waals surface area contributed by atoms with Gasteiger partial charge in [0.1, 0.15) is 9.07 Å². The minimum absolute atomic E-state index is 0.172. The van der Waals surface area contributed by atoms with E-state index < -0.39 is 19.2 Å². The lowest BCUT2D eigenvalue weighted by Crippen LogP contribution is -2.36. The van der Waals surface area contributed by atoms with Crippen LogP contribution < -0.4 is 10.6 Å². The molecule has 4 aromatic rings. The van der Waals surface area contributed by atoms with E-state index in [1.165, 1.54) is 18.3 Å². The first-order valence-electron chi connectivity index (χ1n) is 11.3. The van der Waals surface area contributed by atoms with E-state index in [4.69, 9.17) is 20.4 Å². The highest BCUT2D eigenvalue weighted by Crippen LogP contribution is 2.39. The van der Waals surface area contributed by atoms with E-state index in [2.05, 4.69) is 9.88 Å². The molecule has 1 aliphatic heterocycles. The highest BCUT2D eigenvalue weighted by Gasteiger charge is 2.29. The minimum atomic E-state index is -3.70. The monoisotopic (exact) mass is 637 g/mol. The number of halogens is 1. The molecule has 0 bridgehead atoms. The summed E-state index contributed by atoms with van der Waals surface area (Å²) in [6, 6.07) is 12.3. The Kier molecular flexibility index (Phi) is 7.14. The molecule has 0 amide bonds. The third-order valence-corrected chi connectivity index (χ3v) is 11.9. The van der Waals surface area contributed by atoms with Gasteiger partial charge in [0.2, 0.25) is 0 Å². The van der Waals surface area contributed by atoms with Gasteiger partial charge in [-0.05, 0) is 42.8 Å². The first-order chi connectivity index (χ1) is 17.2. The van der Waals surface area contributed by atoms with Crippen LogP contribution in [0.15, 0.2) is 53.6 Å². The summed E-state index contributed by atoms with van der Waals surface area (Å²) in [4.78, 5) is 17.1. The lowest BCUT2D eigenvalue weighted by atomic mass is 10.2. The summed E-state index contributed by atoms with van der Waals surface area (Å²) in [7, 11) is -3.70. The first-order valence-corrected chi connectivity index (χ1v) is 14.9. The van der Waals surface area contributed by atoms with Crippen molar-refractivity contribution in [1.29, 1.82) is 0 Å². The number of ether oxygens (including phenoxy) is 1. The second kappa shape index (κ2) is 10.2. The molecule has 0 saturated carbocycles. The molecule has 1 aromatic carbocycles. The molecule has 36 heavy (non-hydrogen) atoms. The number of nitrogen functional groups attached to an aromatic ring is 1. The van der Waals surface area contributed by atoms with Gasteiger partial charge in [-0.1, -0.05) is 34.7 Å². The number of aliphatic hydroxyl groups excluding tert-OH is 1. The standard InChI is InChI=1S/C24H24IN5O4S2/c1-14(31)22(25)36(32,33)17-4-2-3-15(11-17)19-12-18-21(35-19)24(30-7-9-34-10-8-30)29-23(28-18)16-5-6-20(26)27-13-16/h2-6,11-14,22,31H,7-10H2,1H3,(H2,26,27)/t14?,22-/m0/s1. The predicted octanol–water partition coefficient (Wildman–Crippen LogP) is 3.75. The zero-order chi connectivity index (χ0) is 25.4. The highest BCUT2D eigenvalue weighted by atomic mass is 127. The van der Waals surface area contributed by atoms with Crippen molar-refractivity contribution in [3.05, 3.63) is 48.7 Å². The normalized spacial score (nSPS) is 16.2. The van der Waals surface area contributed by atoms with Crippen molar-refractivity contribution >= 4 is 65.6 Å². The second-order valence-electron chi connectivity index (χ2n) is 8.43. The number of nitrogens with two attached hydrogens (primary N) is 1.